The van der Waals surface area contributed by atoms with E-state index in [1.54, 1.807) is 30.3 Å². The lowest BCUT2D eigenvalue weighted by Crippen LogP contribution is -2.10. The lowest BCUT2D eigenvalue weighted by Gasteiger charge is -2.04. The Hall–Kier alpha value is -2.49. The van der Waals surface area contributed by atoms with Crippen LogP contribution in [0.2, 0.25) is 0 Å². The zero-order chi connectivity index (χ0) is 13.1. The molecular weight excluding hydrogens is 233 g/mol. The number of aldehydes is 1. The molecule has 3 nitrogen and oxygen atoms in total. The molecule has 2 rings (SSSR count). The smallest absolute Gasteiger partial charge is 0.248 e. The van der Waals surface area contributed by atoms with E-state index in [4.69, 9.17) is 5.73 Å². The first-order valence-corrected chi connectivity index (χ1v) is 5.27. The van der Waals surface area contributed by atoms with Gasteiger partial charge in [-0.2, -0.15) is 0 Å². The van der Waals surface area contributed by atoms with Crippen LogP contribution in [0.3, 0.4) is 0 Å². The van der Waals surface area contributed by atoms with Gasteiger partial charge in [-0.3, -0.25) is 9.59 Å². The van der Waals surface area contributed by atoms with Gasteiger partial charge in [0.2, 0.25) is 5.91 Å². The zero-order valence-corrected chi connectivity index (χ0v) is 9.39. The van der Waals surface area contributed by atoms with Gasteiger partial charge in [-0.1, -0.05) is 18.2 Å². The SMILES string of the molecule is NC(=O)c1ccc(-c2ccc(F)c(C=O)c2)cc1. The number of carbonyl (C=O) groups is 2. The number of rotatable bonds is 3. The molecule has 0 atom stereocenters. The second-order valence-electron chi connectivity index (χ2n) is 3.80. The number of nitrogens with two attached hydrogens (primary N) is 1. The van der Waals surface area contributed by atoms with Crippen molar-refractivity contribution in [3.8, 4) is 11.1 Å². The van der Waals surface area contributed by atoms with Crippen LogP contribution < -0.4 is 5.73 Å². The van der Waals surface area contributed by atoms with E-state index in [0.717, 1.165) is 5.56 Å². The summed E-state index contributed by atoms with van der Waals surface area (Å²) in [6.45, 7) is 0. The third-order valence-electron chi connectivity index (χ3n) is 2.63. The van der Waals surface area contributed by atoms with Gasteiger partial charge in [0.05, 0.1) is 5.56 Å². The molecule has 1 amide bonds. The predicted octanol–water partition coefficient (Wildman–Crippen LogP) is 2.40. The lowest BCUT2D eigenvalue weighted by atomic mass is 10.0. The van der Waals surface area contributed by atoms with Crippen molar-refractivity contribution in [2.45, 2.75) is 0 Å². The molecule has 0 fully saturated rings. The van der Waals surface area contributed by atoms with E-state index in [-0.39, 0.29) is 5.56 Å². The monoisotopic (exact) mass is 243 g/mol. The molecule has 2 N–H and O–H groups in total. The Kier molecular flexibility index (Phi) is 3.19. The molecule has 0 aliphatic carbocycles. The minimum Gasteiger partial charge on any atom is -0.366 e. The third kappa shape index (κ3) is 2.27. The lowest BCUT2D eigenvalue weighted by molar-refractivity contribution is 0.1000. The fourth-order valence-corrected chi connectivity index (χ4v) is 1.64. The molecule has 0 heterocycles. The van der Waals surface area contributed by atoms with Crippen LogP contribution in [0.1, 0.15) is 20.7 Å². The number of benzene rings is 2. The largest absolute Gasteiger partial charge is 0.366 e. The first-order chi connectivity index (χ1) is 8.61. The van der Waals surface area contributed by atoms with Gasteiger partial charge in [0.1, 0.15) is 5.82 Å². The summed E-state index contributed by atoms with van der Waals surface area (Å²) in [6, 6.07) is 10.8. The Balaban J connectivity index is 2.42. The second kappa shape index (κ2) is 4.79. The molecule has 0 unspecified atom stereocenters. The third-order valence-corrected chi connectivity index (χ3v) is 2.63. The Morgan fingerprint density at radius 3 is 2.22 bits per heavy atom. The van der Waals surface area contributed by atoms with Crippen molar-refractivity contribution in [3.05, 3.63) is 59.4 Å². The summed E-state index contributed by atoms with van der Waals surface area (Å²) in [7, 11) is 0. The first-order valence-electron chi connectivity index (χ1n) is 5.27. The minimum absolute atomic E-state index is 0.00600. The summed E-state index contributed by atoms with van der Waals surface area (Å²) in [4.78, 5) is 21.6. The van der Waals surface area contributed by atoms with Crippen LogP contribution in [0.4, 0.5) is 4.39 Å². The summed E-state index contributed by atoms with van der Waals surface area (Å²) in [6.07, 6.45) is 0.469. The van der Waals surface area contributed by atoms with Gasteiger partial charge in [-0.25, -0.2) is 4.39 Å². The maximum atomic E-state index is 13.2. The Bertz CT molecular complexity index is 606. The van der Waals surface area contributed by atoms with Crippen LogP contribution >= 0.6 is 0 Å². The molecule has 0 aromatic heterocycles. The summed E-state index contributed by atoms with van der Waals surface area (Å²) in [5.74, 6) is -1.06. The van der Waals surface area contributed by atoms with Gasteiger partial charge in [0.15, 0.2) is 6.29 Å². The van der Waals surface area contributed by atoms with E-state index in [0.29, 0.717) is 17.4 Å². The van der Waals surface area contributed by atoms with Crippen molar-refractivity contribution in [3.63, 3.8) is 0 Å². The molecule has 2 aromatic rings. The molecule has 90 valence electrons. The molecule has 0 saturated heterocycles. The molecule has 0 bridgehead atoms. The maximum Gasteiger partial charge on any atom is 0.248 e. The van der Waals surface area contributed by atoms with Crippen LogP contribution in [0.5, 0.6) is 0 Å². The Morgan fingerprint density at radius 2 is 1.67 bits per heavy atom. The van der Waals surface area contributed by atoms with Crippen LogP contribution in [-0.4, -0.2) is 12.2 Å². The number of hydrogen-bond donors (Lipinski definition) is 1. The van der Waals surface area contributed by atoms with Gasteiger partial charge in [-0.15, -0.1) is 0 Å². The van der Waals surface area contributed by atoms with Gasteiger partial charge < -0.3 is 5.73 Å². The minimum atomic E-state index is -0.553. The van der Waals surface area contributed by atoms with Crippen molar-refractivity contribution in [2.75, 3.05) is 0 Å². The first kappa shape index (κ1) is 12.0. The fraction of sp³-hybridized carbons (Fsp3) is 0. The maximum absolute atomic E-state index is 13.2. The van der Waals surface area contributed by atoms with E-state index < -0.39 is 11.7 Å². The highest BCUT2D eigenvalue weighted by Gasteiger charge is 2.05. The van der Waals surface area contributed by atoms with Crippen molar-refractivity contribution in [1.29, 1.82) is 0 Å². The average Bonchev–Trinajstić information content (AvgIpc) is 2.39. The average molecular weight is 243 g/mol. The van der Waals surface area contributed by atoms with Crippen LogP contribution in [0, 0.1) is 5.82 Å². The molecule has 2 aromatic carbocycles. The standard InChI is InChI=1S/C14H10FNO2/c15-13-6-5-11(7-12(13)8-17)9-1-3-10(4-2-9)14(16)18/h1-8H,(H2,16,18). The zero-order valence-electron chi connectivity index (χ0n) is 9.39. The quantitative estimate of drug-likeness (QED) is 0.841. The number of amides is 1. The predicted molar refractivity (Wildman–Crippen MR) is 65.7 cm³/mol. The topological polar surface area (TPSA) is 60.2 Å². The van der Waals surface area contributed by atoms with Crippen LogP contribution in [-0.2, 0) is 0 Å². The summed E-state index contributed by atoms with van der Waals surface area (Å²) in [5, 5.41) is 0. The van der Waals surface area contributed by atoms with E-state index in [1.807, 2.05) is 0 Å². The second-order valence-corrected chi connectivity index (χ2v) is 3.80. The van der Waals surface area contributed by atoms with Crippen LogP contribution in [0.15, 0.2) is 42.5 Å². The van der Waals surface area contributed by atoms with Gasteiger partial charge in [0.25, 0.3) is 0 Å². The molecule has 0 spiro atoms. The number of primary amides is 1. The van der Waals surface area contributed by atoms with Gasteiger partial charge >= 0.3 is 0 Å². The molecule has 0 radical (unpaired) electrons. The highest BCUT2D eigenvalue weighted by atomic mass is 19.1. The van der Waals surface area contributed by atoms with Gasteiger partial charge in [-0.05, 0) is 35.4 Å². The van der Waals surface area contributed by atoms with Gasteiger partial charge in [0, 0.05) is 5.56 Å². The van der Waals surface area contributed by atoms with Crippen molar-refractivity contribution in [2.24, 2.45) is 5.73 Å². The van der Waals surface area contributed by atoms with Crippen molar-refractivity contribution < 1.29 is 14.0 Å². The highest BCUT2D eigenvalue weighted by molar-refractivity contribution is 5.93. The van der Waals surface area contributed by atoms with E-state index in [9.17, 15) is 14.0 Å². The number of halogens is 1. The van der Waals surface area contributed by atoms with Crippen molar-refractivity contribution in [1.82, 2.24) is 0 Å². The summed E-state index contributed by atoms with van der Waals surface area (Å²) in [5.41, 5.74) is 7.02. The molecule has 0 aliphatic rings. The molecule has 0 saturated carbocycles. The number of carbonyl (C=O) groups excluding carboxylic acids is 2. The molecule has 0 aliphatic heterocycles. The van der Waals surface area contributed by atoms with Crippen LogP contribution in [0.25, 0.3) is 11.1 Å². The highest BCUT2D eigenvalue weighted by Crippen LogP contribution is 2.21. The van der Waals surface area contributed by atoms with E-state index in [2.05, 4.69) is 0 Å². The van der Waals surface area contributed by atoms with Crippen molar-refractivity contribution >= 4 is 12.2 Å². The Labute approximate surface area is 103 Å². The molecule has 18 heavy (non-hydrogen) atoms. The van der Waals surface area contributed by atoms with E-state index >= 15 is 0 Å². The summed E-state index contributed by atoms with van der Waals surface area (Å²) < 4.78 is 13.2. The Morgan fingerprint density at radius 1 is 1.06 bits per heavy atom. The number of hydrogen-bond acceptors (Lipinski definition) is 2. The normalized spacial score (nSPS) is 10.1. The summed E-state index contributed by atoms with van der Waals surface area (Å²) >= 11 is 0. The fourth-order valence-electron chi connectivity index (χ4n) is 1.64. The molecular formula is C14H10FNO2. The van der Waals surface area contributed by atoms with E-state index in [1.165, 1.54) is 12.1 Å². The molecule has 4 heteroatoms.